The number of carbonyl (C=O) groups excluding carboxylic acids is 1. The van der Waals surface area contributed by atoms with Crippen molar-refractivity contribution in [2.24, 2.45) is 5.41 Å². The average Bonchev–Trinajstić information content (AvgIpc) is 2.52. The summed E-state index contributed by atoms with van der Waals surface area (Å²) in [5.74, 6) is 1.11. The smallest absolute Gasteiger partial charge is 0.251 e. The molecule has 1 aliphatic heterocycles. The monoisotopic (exact) mass is 328 g/mol. The van der Waals surface area contributed by atoms with Gasteiger partial charge in [0.15, 0.2) is 11.5 Å². The van der Waals surface area contributed by atoms with Crippen LogP contribution in [0.1, 0.15) is 30.1 Å². The Balaban J connectivity index is 0.00000242. The summed E-state index contributed by atoms with van der Waals surface area (Å²) in [6, 6.07) is 5.20. The van der Waals surface area contributed by atoms with Crippen molar-refractivity contribution >= 4 is 18.3 Å². The van der Waals surface area contributed by atoms with Gasteiger partial charge in [0.05, 0.1) is 14.2 Å². The van der Waals surface area contributed by atoms with Gasteiger partial charge in [-0.25, -0.2) is 0 Å². The fraction of sp³-hybridized carbons (Fsp3) is 0.562. The minimum Gasteiger partial charge on any atom is -0.493 e. The molecule has 0 aliphatic carbocycles. The first kappa shape index (κ1) is 18.6. The van der Waals surface area contributed by atoms with Crippen LogP contribution >= 0.6 is 12.4 Å². The zero-order chi connectivity index (χ0) is 15.3. The van der Waals surface area contributed by atoms with Gasteiger partial charge in [0.25, 0.3) is 5.91 Å². The number of ether oxygens (including phenoxy) is 2. The Morgan fingerprint density at radius 3 is 2.64 bits per heavy atom. The van der Waals surface area contributed by atoms with Crippen LogP contribution < -0.4 is 20.1 Å². The van der Waals surface area contributed by atoms with Crippen LogP contribution in [0.2, 0.25) is 0 Å². The van der Waals surface area contributed by atoms with E-state index in [9.17, 15) is 4.79 Å². The largest absolute Gasteiger partial charge is 0.493 e. The van der Waals surface area contributed by atoms with Crippen molar-refractivity contribution in [1.82, 2.24) is 10.6 Å². The zero-order valence-corrected chi connectivity index (χ0v) is 14.2. The molecule has 2 N–H and O–H groups in total. The quantitative estimate of drug-likeness (QED) is 0.870. The summed E-state index contributed by atoms with van der Waals surface area (Å²) < 4.78 is 10.4. The minimum absolute atomic E-state index is 0. The van der Waals surface area contributed by atoms with E-state index in [1.54, 1.807) is 32.4 Å². The highest BCUT2D eigenvalue weighted by Gasteiger charge is 2.27. The van der Waals surface area contributed by atoms with E-state index >= 15 is 0 Å². The molecule has 1 aromatic carbocycles. The number of hydrogen-bond acceptors (Lipinski definition) is 4. The Hall–Kier alpha value is -1.46. The topological polar surface area (TPSA) is 59.6 Å². The van der Waals surface area contributed by atoms with Gasteiger partial charge in [-0.15, -0.1) is 12.4 Å². The van der Waals surface area contributed by atoms with Crippen molar-refractivity contribution in [1.29, 1.82) is 0 Å². The van der Waals surface area contributed by atoms with E-state index in [0.29, 0.717) is 23.6 Å². The molecule has 22 heavy (non-hydrogen) atoms. The number of methoxy groups -OCH3 is 2. The van der Waals surface area contributed by atoms with E-state index < -0.39 is 0 Å². The number of hydrogen-bond donors (Lipinski definition) is 2. The van der Waals surface area contributed by atoms with E-state index in [1.807, 2.05) is 0 Å². The standard InChI is InChI=1S/C16H24N2O3.ClH/c1-16(7-4-8-17-10-16)11-18-15(19)12-5-6-13(20-2)14(9-12)21-3;/h5-6,9,17H,4,7-8,10-11H2,1-3H3,(H,18,19);1H. The number of piperidine rings is 1. The molecule has 5 nitrogen and oxygen atoms in total. The Kier molecular flexibility index (Phi) is 6.97. The third kappa shape index (κ3) is 4.52. The molecular formula is C16H25ClN2O3. The molecule has 1 fully saturated rings. The summed E-state index contributed by atoms with van der Waals surface area (Å²) in [5.41, 5.74) is 0.713. The van der Waals surface area contributed by atoms with Gasteiger partial charge in [0.2, 0.25) is 0 Å². The number of carbonyl (C=O) groups is 1. The van der Waals surface area contributed by atoms with Crippen LogP contribution in [0.4, 0.5) is 0 Å². The fourth-order valence-corrected chi connectivity index (χ4v) is 2.64. The fourth-order valence-electron chi connectivity index (χ4n) is 2.64. The molecule has 1 unspecified atom stereocenters. The van der Waals surface area contributed by atoms with Gasteiger partial charge in [0, 0.05) is 18.7 Å². The Bertz CT molecular complexity index is 502. The number of nitrogens with one attached hydrogen (secondary N) is 2. The first-order valence-electron chi connectivity index (χ1n) is 7.29. The molecule has 0 spiro atoms. The van der Waals surface area contributed by atoms with Crippen LogP contribution in [-0.2, 0) is 0 Å². The highest BCUT2D eigenvalue weighted by atomic mass is 35.5. The lowest BCUT2D eigenvalue weighted by Gasteiger charge is -2.34. The first-order valence-corrected chi connectivity index (χ1v) is 7.29. The molecule has 0 radical (unpaired) electrons. The first-order chi connectivity index (χ1) is 10.1. The molecule has 1 amide bonds. The van der Waals surface area contributed by atoms with Gasteiger partial charge in [-0.1, -0.05) is 6.92 Å². The predicted octanol–water partition coefficient (Wildman–Crippen LogP) is 2.25. The lowest BCUT2D eigenvalue weighted by molar-refractivity contribution is 0.0924. The van der Waals surface area contributed by atoms with Crippen LogP contribution in [-0.4, -0.2) is 39.8 Å². The van der Waals surface area contributed by atoms with Crippen molar-refractivity contribution < 1.29 is 14.3 Å². The predicted molar refractivity (Wildman–Crippen MR) is 89.3 cm³/mol. The van der Waals surface area contributed by atoms with Gasteiger partial charge < -0.3 is 20.1 Å². The third-order valence-electron chi connectivity index (χ3n) is 4.01. The Labute approximate surface area is 138 Å². The summed E-state index contributed by atoms with van der Waals surface area (Å²) in [6.45, 7) is 4.89. The van der Waals surface area contributed by atoms with E-state index in [4.69, 9.17) is 9.47 Å². The molecule has 0 aromatic heterocycles. The number of rotatable bonds is 5. The molecule has 1 saturated heterocycles. The molecule has 1 aromatic rings. The third-order valence-corrected chi connectivity index (χ3v) is 4.01. The van der Waals surface area contributed by atoms with E-state index in [0.717, 1.165) is 25.9 Å². The Morgan fingerprint density at radius 1 is 1.32 bits per heavy atom. The maximum absolute atomic E-state index is 12.3. The summed E-state index contributed by atoms with van der Waals surface area (Å²) in [6.07, 6.45) is 2.29. The molecule has 124 valence electrons. The molecule has 2 rings (SSSR count). The van der Waals surface area contributed by atoms with Crippen LogP contribution in [0.3, 0.4) is 0 Å². The number of halogens is 1. The van der Waals surface area contributed by atoms with Crippen molar-refractivity contribution in [2.75, 3.05) is 33.9 Å². The molecule has 6 heteroatoms. The maximum Gasteiger partial charge on any atom is 0.251 e. The average molecular weight is 329 g/mol. The minimum atomic E-state index is -0.0808. The zero-order valence-electron chi connectivity index (χ0n) is 13.4. The van der Waals surface area contributed by atoms with Crippen molar-refractivity contribution in [2.45, 2.75) is 19.8 Å². The molecule has 1 heterocycles. The molecular weight excluding hydrogens is 304 g/mol. The molecule has 1 aliphatic rings. The van der Waals surface area contributed by atoms with Crippen LogP contribution in [0, 0.1) is 5.41 Å². The van der Waals surface area contributed by atoms with Crippen molar-refractivity contribution in [3.63, 3.8) is 0 Å². The molecule has 1 atom stereocenters. The van der Waals surface area contributed by atoms with Crippen LogP contribution in [0.25, 0.3) is 0 Å². The second-order valence-corrected chi connectivity index (χ2v) is 5.84. The maximum atomic E-state index is 12.3. The van der Waals surface area contributed by atoms with Gasteiger partial charge in [-0.05, 0) is 43.0 Å². The summed E-state index contributed by atoms with van der Waals surface area (Å²) in [4.78, 5) is 12.3. The molecule has 0 bridgehead atoms. The van der Waals surface area contributed by atoms with Crippen LogP contribution in [0.5, 0.6) is 11.5 Å². The summed E-state index contributed by atoms with van der Waals surface area (Å²) in [7, 11) is 3.14. The number of amides is 1. The van der Waals surface area contributed by atoms with Gasteiger partial charge in [-0.2, -0.15) is 0 Å². The highest BCUT2D eigenvalue weighted by molar-refractivity contribution is 5.94. The van der Waals surface area contributed by atoms with E-state index in [-0.39, 0.29) is 23.7 Å². The second kappa shape index (κ2) is 8.25. The van der Waals surface area contributed by atoms with Crippen molar-refractivity contribution in [3.05, 3.63) is 23.8 Å². The SMILES string of the molecule is COc1ccc(C(=O)NCC2(C)CCCNC2)cc1OC.Cl. The van der Waals surface area contributed by atoms with Crippen LogP contribution in [0.15, 0.2) is 18.2 Å². The summed E-state index contributed by atoms with van der Waals surface area (Å²) in [5, 5.41) is 6.41. The molecule has 0 saturated carbocycles. The normalized spacial score (nSPS) is 20.7. The van der Waals surface area contributed by atoms with Gasteiger partial charge in [-0.3, -0.25) is 4.79 Å². The number of benzene rings is 1. The summed E-state index contributed by atoms with van der Waals surface area (Å²) >= 11 is 0. The highest BCUT2D eigenvalue weighted by Crippen LogP contribution is 2.28. The van der Waals surface area contributed by atoms with Crippen molar-refractivity contribution in [3.8, 4) is 11.5 Å². The Morgan fingerprint density at radius 2 is 2.05 bits per heavy atom. The van der Waals surface area contributed by atoms with Gasteiger partial charge >= 0.3 is 0 Å². The van der Waals surface area contributed by atoms with E-state index in [1.165, 1.54) is 0 Å². The van der Waals surface area contributed by atoms with Gasteiger partial charge in [0.1, 0.15) is 0 Å². The lowest BCUT2D eigenvalue weighted by atomic mass is 9.83. The lowest BCUT2D eigenvalue weighted by Crippen LogP contribution is -2.45. The van der Waals surface area contributed by atoms with E-state index in [2.05, 4.69) is 17.6 Å². The second-order valence-electron chi connectivity index (χ2n) is 5.84.